The van der Waals surface area contributed by atoms with E-state index in [1.165, 1.54) is 32.0 Å². The predicted octanol–water partition coefficient (Wildman–Crippen LogP) is 0.622. The molecule has 0 spiro atoms. The molecule has 1 heterocycles. The van der Waals surface area contributed by atoms with E-state index in [9.17, 15) is 13.2 Å². The van der Waals surface area contributed by atoms with Gasteiger partial charge in [0.25, 0.3) is 10.0 Å². The first-order valence-electron chi connectivity index (χ1n) is 5.15. The maximum atomic E-state index is 11.9. The Balaban J connectivity index is 2.72. The van der Waals surface area contributed by atoms with Gasteiger partial charge in [-0.1, -0.05) is 6.07 Å². The summed E-state index contributed by atoms with van der Waals surface area (Å²) in [7, 11) is -0.845. The van der Waals surface area contributed by atoms with E-state index in [-0.39, 0.29) is 16.6 Å². The van der Waals surface area contributed by atoms with Crippen LogP contribution in [-0.4, -0.2) is 39.2 Å². The summed E-state index contributed by atoms with van der Waals surface area (Å²) in [5, 5.41) is 0. The number of carbonyl (C=O) groups is 1. The molecule has 0 unspecified atom stereocenters. The SMILES string of the molecule is COc1cccc2c1C(N(C)C(C)=O)=NS2(=O)=O. The van der Waals surface area contributed by atoms with Crippen molar-refractivity contribution in [2.24, 2.45) is 4.40 Å². The minimum atomic E-state index is -3.75. The summed E-state index contributed by atoms with van der Waals surface area (Å²) in [5.41, 5.74) is 0.331. The molecule has 0 saturated heterocycles. The molecule has 1 amide bonds. The van der Waals surface area contributed by atoms with Gasteiger partial charge in [0.15, 0.2) is 5.84 Å². The van der Waals surface area contributed by atoms with E-state index in [2.05, 4.69) is 4.40 Å². The maximum absolute atomic E-state index is 11.9. The average Bonchev–Trinajstić information content (AvgIpc) is 2.60. The van der Waals surface area contributed by atoms with Crippen LogP contribution >= 0.6 is 0 Å². The molecule has 1 aromatic carbocycles. The van der Waals surface area contributed by atoms with Gasteiger partial charge in [0.1, 0.15) is 10.6 Å². The summed E-state index contributed by atoms with van der Waals surface area (Å²) in [6, 6.07) is 4.64. The number of amides is 1. The number of amidine groups is 1. The Morgan fingerprint density at radius 3 is 2.61 bits per heavy atom. The average molecular weight is 268 g/mol. The Hall–Kier alpha value is -1.89. The minimum absolute atomic E-state index is 0.0601. The smallest absolute Gasteiger partial charge is 0.285 e. The number of fused-ring (bicyclic) bond motifs is 1. The second-order valence-corrected chi connectivity index (χ2v) is 5.37. The zero-order chi connectivity index (χ0) is 13.5. The van der Waals surface area contributed by atoms with Crippen molar-refractivity contribution in [3.8, 4) is 5.75 Å². The Kier molecular flexibility index (Phi) is 2.86. The Morgan fingerprint density at radius 2 is 2.06 bits per heavy atom. The van der Waals surface area contributed by atoms with Crippen molar-refractivity contribution >= 4 is 21.8 Å². The zero-order valence-electron chi connectivity index (χ0n) is 10.2. The van der Waals surface area contributed by atoms with Crippen LogP contribution in [0.1, 0.15) is 12.5 Å². The number of sulfonamides is 1. The Morgan fingerprint density at radius 1 is 1.39 bits per heavy atom. The van der Waals surface area contributed by atoms with Crippen LogP contribution in [0.3, 0.4) is 0 Å². The van der Waals surface area contributed by atoms with Gasteiger partial charge < -0.3 is 4.74 Å². The van der Waals surface area contributed by atoms with E-state index in [0.717, 1.165) is 0 Å². The van der Waals surface area contributed by atoms with Crippen LogP contribution in [0, 0.1) is 0 Å². The molecule has 0 fully saturated rings. The molecule has 96 valence electrons. The summed E-state index contributed by atoms with van der Waals surface area (Å²) in [4.78, 5) is 12.6. The van der Waals surface area contributed by atoms with Gasteiger partial charge in [0.2, 0.25) is 5.91 Å². The number of hydrogen-bond acceptors (Lipinski definition) is 4. The van der Waals surface area contributed by atoms with Crippen molar-refractivity contribution in [3.05, 3.63) is 23.8 Å². The highest BCUT2D eigenvalue weighted by atomic mass is 32.2. The molecule has 18 heavy (non-hydrogen) atoms. The van der Waals surface area contributed by atoms with E-state index in [1.54, 1.807) is 12.1 Å². The first kappa shape index (κ1) is 12.6. The van der Waals surface area contributed by atoms with Crippen molar-refractivity contribution in [2.75, 3.05) is 14.2 Å². The highest BCUT2D eigenvalue weighted by Crippen LogP contribution is 2.33. The third kappa shape index (κ3) is 1.76. The van der Waals surface area contributed by atoms with Crippen molar-refractivity contribution in [1.82, 2.24) is 4.90 Å². The third-order valence-corrected chi connectivity index (χ3v) is 4.02. The molecule has 0 N–H and O–H groups in total. The topological polar surface area (TPSA) is 76.0 Å². The molecule has 0 aromatic heterocycles. The number of benzene rings is 1. The lowest BCUT2D eigenvalue weighted by molar-refractivity contribution is -0.124. The van der Waals surface area contributed by atoms with Gasteiger partial charge in [0, 0.05) is 14.0 Å². The second-order valence-electron chi connectivity index (χ2n) is 3.80. The molecule has 0 saturated carbocycles. The van der Waals surface area contributed by atoms with Gasteiger partial charge in [-0.3, -0.25) is 9.69 Å². The lowest BCUT2D eigenvalue weighted by Crippen LogP contribution is -2.31. The molecule has 0 radical (unpaired) electrons. The molecule has 0 bridgehead atoms. The van der Waals surface area contributed by atoms with Gasteiger partial charge in [-0.15, -0.1) is 4.40 Å². The standard InChI is InChI=1S/C11H12N2O4S/c1-7(14)13(2)11-10-8(17-3)5-4-6-9(10)18(15,16)12-11/h4-6H,1-3H3. The summed E-state index contributed by atoms with van der Waals surface area (Å²) < 4.78 is 32.5. The summed E-state index contributed by atoms with van der Waals surface area (Å²) in [6.45, 7) is 1.34. The summed E-state index contributed by atoms with van der Waals surface area (Å²) in [6.07, 6.45) is 0. The van der Waals surface area contributed by atoms with Crippen molar-refractivity contribution in [1.29, 1.82) is 0 Å². The lowest BCUT2D eigenvalue weighted by Gasteiger charge is -2.16. The molecule has 0 atom stereocenters. The monoisotopic (exact) mass is 268 g/mol. The minimum Gasteiger partial charge on any atom is -0.496 e. The quantitative estimate of drug-likeness (QED) is 0.748. The van der Waals surface area contributed by atoms with Gasteiger partial charge >= 0.3 is 0 Å². The van der Waals surface area contributed by atoms with E-state index in [4.69, 9.17) is 4.74 Å². The first-order valence-corrected chi connectivity index (χ1v) is 6.59. The molecule has 2 rings (SSSR count). The van der Waals surface area contributed by atoms with Gasteiger partial charge in [-0.05, 0) is 12.1 Å². The maximum Gasteiger partial charge on any atom is 0.285 e. The van der Waals surface area contributed by atoms with Crippen LogP contribution in [0.2, 0.25) is 0 Å². The molecule has 1 aliphatic heterocycles. The molecular formula is C11H12N2O4S. The highest BCUT2D eigenvalue weighted by molar-refractivity contribution is 7.90. The zero-order valence-corrected chi connectivity index (χ0v) is 11.0. The third-order valence-electron chi connectivity index (χ3n) is 2.71. The van der Waals surface area contributed by atoms with Crippen LogP contribution in [0.5, 0.6) is 5.75 Å². The summed E-state index contributed by atoms with van der Waals surface area (Å²) in [5.74, 6) is 0.165. The molecule has 1 aliphatic rings. The van der Waals surface area contributed by atoms with E-state index in [1.807, 2.05) is 0 Å². The fourth-order valence-electron chi connectivity index (χ4n) is 1.70. The lowest BCUT2D eigenvalue weighted by atomic mass is 10.1. The van der Waals surface area contributed by atoms with Gasteiger partial charge in [-0.2, -0.15) is 8.42 Å². The van der Waals surface area contributed by atoms with E-state index >= 15 is 0 Å². The van der Waals surface area contributed by atoms with Crippen LogP contribution in [0.15, 0.2) is 27.5 Å². The summed E-state index contributed by atoms with van der Waals surface area (Å²) >= 11 is 0. The fraction of sp³-hybridized carbons (Fsp3) is 0.273. The molecule has 0 aliphatic carbocycles. The van der Waals surface area contributed by atoms with Crippen LogP contribution in [-0.2, 0) is 14.8 Å². The van der Waals surface area contributed by atoms with Crippen molar-refractivity contribution < 1.29 is 17.9 Å². The molecule has 1 aromatic rings. The van der Waals surface area contributed by atoms with E-state index in [0.29, 0.717) is 11.3 Å². The molecular weight excluding hydrogens is 256 g/mol. The second kappa shape index (κ2) is 4.09. The van der Waals surface area contributed by atoms with Crippen LogP contribution in [0.4, 0.5) is 0 Å². The van der Waals surface area contributed by atoms with Crippen molar-refractivity contribution in [2.45, 2.75) is 11.8 Å². The number of ether oxygens (including phenoxy) is 1. The number of rotatable bonds is 1. The largest absolute Gasteiger partial charge is 0.496 e. The fourth-order valence-corrected chi connectivity index (χ4v) is 2.94. The van der Waals surface area contributed by atoms with Crippen LogP contribution < -0.4 is 4.74 Å². The molecule has 7 heteroatoms. The van der Waals surface area contributed by atoms with E-state index < -0.39 is 10.0 Å². The van der Waals surface area contributed by atoms with Crippen LogP contribution in [0.25, 0.3) is 0 Å². The predicted molar refractivity (Wildman–Crippen MR) is 65.2 cm³/mol. The number of carbonyl (C=O) groups excluding carboxylic acids is 1. The number of hydrogen-bond donors (Lipinski definition) is 0. The number of nitrogens with zero attached hydrogens (tertiary/aromatic N) is 2. The highest BCUT2D eigenvalue weighted by Gasteiger charge is 2.34. The van der Waals surface area contributed by atoms with Gasteiger partial charge in [-0.25, -0.2) is 0 Å². The first-order chi connectivity index (χ1) is 8.38. The molecule has 6 nitrogen and oxygen atoms in total. The number of methoxy groups -OCH3 is 1. The Bertz CT molecular complexity index is 649. The Labute approximate surface area is 105 Å². The van der Waals surface area contributed by atoms with Gasteiger partial charge in [0.05, 0.1) is 12.7 Å². The van der Waals surface area contributed by atoms with Crippen molar-refractivity contribution in [3.63, 3.8) is 0 Å². The normalized spacial score (nSPS) is 15.8.